The van der Waals surface area contributed by atoms with E-state index in [1.165, 1.54) is 0 Å². The number of nitrogens with zero attached hydrogens (tertiary/aromatic N) is 1. The van der Waals surface area contributed by atoms with Gasteiger partial charge in [-0.2, -0.15) is 0 Å². The van der Waals surface area contributed by atoms with Crippen molar-refractivity contribution in [3.05, 3.63) is 42.0 Å². The zero-order valence-electron chi connectivity index (χ0n) is 11.1. The SMILES string of the molecule is CC(C)N(C(=O)/C=C\c1ccccc1)C(C)C. The summed E-state index contributed by atoms with van der Waals surface area (Å²) >= 11 is 0. The summed E-state index contributed by atoms with van der Waals surface area (Å²) in [5, 5.41) is 0. The summed E-state index contributed by atoms with van der Waals surface area (Å²) in [5.41, 5.74) is 1.05. The minimum Gasteiger partial charge on any atom is -0.334 e. The number of amides is 1. The van der Waals surface area contributed by atoms with Gasteiger partial charge in [0.2, 0.25) is 5.91 Å². The van der Waals surface area contributed by atoms with Gasteiger partial charge in [-0.25, -0.2) is 0 Å². The number of rotatable bonds is 4. The molecule has 92 valence electrons. The lowest BCUT2D eigenvalue weighted by molar-refractivity contribution is -0.129. The van der Waals surface area contributed by atoms with Crippen LogP contribution in [0.3, 0.4) is 0 Å². The highest BCUT2D eigenvalue weighted by Gasteiger charge is 2.17. The molecule has 1 aromatic rings. The molecular weight excluding hydrogens is 210 g/mol. The van der Waals surface area contributed by atoms with E-state index in [9.17, 15) is 4.79 Å². The van der Waals surface area contributed by atoms with Gasteiger partial charge in [0.1, 0.15) is 0 Å². The second-order valence-corrected chi connectivity index (χ2v) is 4.68. The van der Waals surface area contributed by atoms with E-state index in [0.29, 0.717) is 0 Å². The Morgan fingerprint density at radius 2 is 1.59 bits per heavy atom. The number of carbonyl (C=O) groups excluding carboxylic acids is 1. The molecule has 0 radical (unpaired) electrons. The fraction of sp³-hybridized carbons (Fsp3) is 0.400. The summed E-state index contributed by atoms with van der Waals surface area (Å²) in [5.74, 6) is 0.0684. The van der Waals surface area contributed by atoms with Gasteiger partial charge in [-0.1, -0.05) is 30.3 Å². The number of hydrogen-bond acceptors (Lipinski definition) is 1. The minimum atomic E-state index is 0.0684. The van der Waals surface area contributed by atoms with Crippen LogP contribution in [0.15, 0.2) is 36.4 Å². The zero-order valence-corrected chi connectivity index (χ0v) is 11.1. The molecule has 0 heterocycles. The molecule has 0 spiro atoms. The van der Waals surface area contributed by atoms with Crippen LogP contribution >= 0.6 is 0 Å². The van der Waals surface area contributed by atoms with Crippen molar-refractivity contribution in [1.82, 2.24) is 4.90 Å². The standard InChI is InChI=1S/C15H21NO/c1-12(2)16(13(3)4)15(17)11-10-14-8-6-5-7-9-14/h5-13H,1-4H3/b11-10-. The highest BCUT2D eigenvalue weighted by molar-refractivity contribution is 5.92. The molecule has 2 heteroatoms. The smallest absolute Gasteiger partial charge is 0.247 e. The monoisotopic (exact) mass is 231 g/mol. The van der Waals surface area contributed by atoms with E-state index in [2.05, 4.69) is 0 Å². The maximum absolute atomic E-state index is 12.0. The number of carbonyl (C=O) groups is 1. The summed E-state index contributed by atoms with van der Waals surface area (Å²) in [4.78, 5) is 13.9. The van der Waals surface area contributed by atoms with E-state index < -0.39 is 0 Å². The third-order valence-corrected chi connectivity index (χ3v) is 2.59. The van der Waals surface area contributed by atoms with Crippen LogP contribution in [0.25, 0.3) is 6.08 Å². The molecule has 17 heavy (non-hydrogen) atoms. The first-order valence-electron chi connectivity index (χ1n) is 6.07. The Bertz CT molecular complexity index is 371. The highest BCUT2D eigenvalue weighted by atomic mass is 16.2. The average Bonchev–Trinajstić information content (AvgIpc) is 2.27. The Morgan fingerprint density at radius 3 is 2.06 bits per heavy atom. The number of hydrogen-bond donors (Lipinski definition) is 0. The quantitative estimate of drug-likeness (QED) is 0.728. The second kappa shape index (κ2) is 6.24. The Hall–Kier alpha value is -1.57. The first kappa shape index (κ1) is 13.5. The van der Waals surface area contributed by atoms with Gasteiger partial charge >= 0.3 is 0 Å². The van der Waals surface area contributed by atoms with Crippen molar-refractivity contribution in [1.29, 1.82) is 0 Å². The molecule has 0 saturated carbocycles. The Labute approximate surface area is 104 Å². The van der Waals surface area contributed by atoms with E-state index in [0.717, 1.165) is 5.56 Å². The van der Waals surface area contributed by atoms with Crippen molar-refractivity contribution in [3.8, 4) is 0 Å². The van der Waals surface area contributed by atoms with Crippen LogP contribution in [0.5, 0.6) is 0 Å². The van der Waals surface area contributed by atoms with Crippen LogP contribution < -0.4 is 0 Å². The maximum atomic E-state index is 12.0. The predicted octanol–water partition coefficient (Wildman–Crippen LogP) is 3.35. The van der Waals surface area contributed by atoms with Crippen LogP contribution in [0.4, 0.5) is 0 Å². The first-order chi connectivity index (χ1) is 8.02. The van der Waals surface area contributed by atoms with Gasteiger partial charge in [0.05, 0.1) is 0 Å². The van der Waals surface area contributed by atoms with Gasteiger partial charge in [0, 0.05) is 18.2 Å². The molecule has 0 bridgehead atoms. The molecule has 0 fully saturated rings. The molecule has 2 nitrogen and oxygen atoms in total. The molecule has 0 aliphatic carbocycles. The Morgan fingerprint density at radius 1 is 1.06 bits per heavy atom. The molecule has 0 saturated heterocycles. The molecule has 0 aromatic heterocycles. The maximum Gasteiger partial charge on any atom is 0.247 e. The topological polar surface area (TPSA) is 20.3 Å². The lowest BCUT2D eigenvalue weighted by Gasteiger charge is -2.29. The van der Waals surface area contributed by atoms with Crippen LogP contribution in [0.1, 0.15) is 33.3 Å². The van der Waals surface area contributed by atoms with Crippen molar-refractivity contribution in [3.63, 3.8) is 0 Å². The van der Waals surface area contributed by atoms with E-state index in [4.69, 9.17) is 0 Å². The van der Waals surface area contributed by atoms with Crippen molar-refractivity contribution >= 4 is 12.0 Å². The van der Waals surface area contributed by atoms with Gasteiger partial charge in [-0.15, -0.1) is 0 Å². The van der Waals surface area contributed by atoms with Crippen LogP contribution in [-0.2, 0) is 4.79 Å². The van der Waals surface area contributed by atoms with Crippen LogP contribution in [-0.4, -0.2) is 22.9 Å². The van der Waals surface area contributed by atoms with Gasteiger partial charge in [-0.05, 0) is 39.3 Å². The molecule has 1 rings (SSSR count). The highest BCUT2D eigenvalue weighted by Crippen LogP contribution is 2.08. The van der Waals surface area contributed by atoms with Gasteiger partial charge in [-0.3, -0.25) is 4.79 Å². The molecule has 1 aromatic carbocycles. The Balaban J connectivity index is 2.74. The van der Waals surface area contributed by atoms with Gasteiger partial charge in [0.25, 0.3) is 0 Å². The van der Waals surface area contributed by atoms with E-state index >= 15 is 0 Å². The molecule has 0 unspecified atom stereocenters. The van der Waals surface area contributed by atoms with E-state index in [1.807, 2.05) is 69.0 Å². The minimum absolute atomic E-state index is 0.0684. The van der Waals surface area contributed by atoms with Gasteiger partial charge in [0.15, 0.2) is 0 Å². The van der Waals surface area contributed by atoms with Crippen molar-refractivity contribution in [2.45, 2.75) is 39.8 Å². The number of benzene rings is 1. The predicted molar refractivity (Wildman–Crippen MR) is 72.6 cm³/mol. The van der Waals surface area contributed by atoms with E-state index in [1.54, 1.807) is 6.08 Å². The fourth-order valence-electron chi connectivity index (χ4n) is 1.92. The molecule has 1 amide bonds. The summed E-state index contributed by atoms with van der Waals surface area (Å²) in [6.07, 6.45) is 3.51. The zero-order chi connectivity index (χ0) is 12.8. The molecule has 0 aliphatic heterocycles. The third kappa shape index (κ3) is 4.06. The van der Waals surface area contributed by atoms with Crippen molar-refractivity contribution in [2.75, 3.05) is 0 Å². The lowest BCUT2D eigenvalue weighted by Crippen LogP contribution is -2.41. The molecule has 0 N–H and O–H groups in total. The molecule has 0 aliphatic rings. The van der Waals surface area contributed by atoms with Crippen molar-refractivity contribution < 1.29 is 4.79 Å². The summed E-state index contributed by atoms with van der Waals surface area (Å²) in [6.45, 7) is 8.14. The molecule has 0 atom stereocenters. The largest absolute Gasteiger partial charge is 0.334 e. The third-order valence-electron chi connectivity index (χ3n) is 2.59. The Kier molecular flexibility index (Phi) is 4.95. The van der Waals surface area contributed by atoms with Crippen LogP contribution in [0.2, 0.25) is 0 Å². The molecular formula is C15H21NO. The fourth-order valence-corrected chi connectivity index (χ4v) is 1.92. The van der Waals surface area contributed by atoms with Gasteiger partial charge < -0.3 is 4.90 Å². The lowest BCUT2D eigenvalue weighted by atomic mass is 10.2. The van der Waals surface area contributed by atoms with E-state index in [-0.39, 0.29) is 18.0 Å². The summed E-state index contributed by atoms with van der Waals surface area (Å²) in [7, 11) is 0. The van der Waals surface area contributed by atoms with Crippen molar-refractivity contribution in [2.24, 2.45) is 0 Å². The summed E-state index contributed by atoms with van der Waals surface area (Å²) in [6, 6.07) is 10.3. The normalized spacial score (nSPS) is 11.4. The average molecular weight is 231 g/mol. The summed E-state index contributed by atoms with van der Waals surface area (Å²) < 4.78 is 0. The van der Waals surface area contributed by atoms with Crippen LogP contribution in [0, 0.1) is 0 Å². The first-order valence-corrected chi connectivity index (χ1v) is 6.07. The second-order valence-electron chi connectivity index (χ2n) is 4.68.